The summed E-state index contributed by atoms with van der Waals surface area (Å²) >= 11 is 0. The minimum absolute atomic E-state index is 0.340. The second kappa shape index (κ2) is 6.22. The fourth-order valence-electron chi connectivity index (χ4n) is 3.71. The molecule has 7 nitrogen and oxygen atoms in total. The smallest absolute Gasteiger partial charge is 0.256 e. The van der Waals surface area contributed by atoms with E-state index >= 15 is 0 Å². The Morgan fingerprint density at radius 1 is 1.00 bits per heavy atom. The third-order valence-electron chi connectivity index (χ3n) is 4.85. The van der Waals surface area contributed by atoms with E-state index in [1.165, 1.54) is 6.07 Å². The number of hydrogen-bond acceptors (Lipinski definition) is 6. The van der Waals surface area contributed by atoms with E-state index < -0.39 is 54.0 Å². The highest BCUT2D eigenvalue weighted by Crippen LogP contribution is 2.44. The summed E-state index contributed by atoms with van der Waals surface area (Å²) in [4.78, 5) is 12.9. The molecule has 0 bridgehead atoms. The van der Waals surface area contributed by atoms with E-state index in [4.69, 9.17) is 23.7 Å². The molecule has 0 aromatic heterocycles. The van der Waals surface area contributed by atoms with Gasteiger partial charge in [-0.15, -0.1) is 0 Å². The van der Waals surface area contributed by atoms with Gasteiger partial charge in [0.15, 0.2) is 24.0 Å². The van der Waals surface area contributed by atoms with E-state index in [2.05, 4.69) is 5.32 Å². The van der Waals surface area contributed by atoms with Crippen LogP contribution in [0.15, 0.2) is 18.2 Å². The summed E-state index contributed by atoms with van der Waals surface area (Å²) in [7, 11) is 0. The van der Waals surface area contributed by atoms with Crippen molar-refractivity contribution in [2.45, 2.75) is 76.9 Å². The van der Waals surface area contributed by atoms with Crippen LogP contribution in [0.5, 0.6) is 0 Å². The van der Waals surface area contributed by atoms with Crippen LogP contribution in [-0.4, -0.2) is 48.2 Å². The van der Waals surface area contributed by atoms with Crippen molar-refractivity contribution in [3.63, 3.8) is 0 Å². The van der Waals surface area contributed by atoms with Crippen LogP contribution in [0, 0.1) is 12.7 Å². The third kappa shape index (κ3) is 3.48. The van der Waals surface area contributed by atoms with E-state index in [0.717, 1.165) is 0 Å². The lowest BCUT2D eigenvalue weighted by Crippen LogP contribution is -2.58. The van der Waals surface area contributed by atoms with Crippen LogP contribution in [0.4, 0.5) is 10.1 Å². The number of ether oxygens (including phenoxy) is 5. The van der Waals surface area contributed by atoms with Crippen molar-refractivity contribution in [2.24, 2.45) is 0 Å². The van der Waals surface area contributed by atoms with Crippen molar-refractivity contribution in [1.82, 2.24) is 0 Å². The Balaban J connectivity index is 1.57. The van der Waals surface area contributed by atoms with Crippen LogP contribution < -0.4 is 5.32 Å². The number of aryl methyl sites for hydroxylation is 1. The standard InChI is InChI=1S/C19H24FNO6/c1-9-6-7-10(8-11(9)20)21-16(22)14-12-13(25-18(2,3)24-12)15-17(23-14)27-19(4,5)26-15/h6-8,12-15,17H,1-5H3,(H,21,22)/t12-,13+,14+,15+,17+/m0/s1. The van der Waals surface area contributed by atoms with E-state index in [-0.39, 0.29) is 0 Å². The summed E-state index contributed by atoms with van der Waals surface area (Å²) < 4.78 is 43.2. The lowest BCUT2D eigenvalue weighted by atomic mass is 9.98. The molecule has 148 valence electrons. The van der Waals surface area contributed by atoms with Gasteiger partial charge in [0.05, 0.1) is 0 Å². The van der Waals surface area contributed by atoms with Crippen LogP contribution in [0.2, 0.25) is 0 Å². The molecule has 1 aromatic rings. The summed E-state index contributed by atoms with van der Waals surface area (Å²) in [5, 5.41) is 2.68. The van der Waals surface area contributed by atoms with Crippen molar-refractivity contribution in [3.8, 4) is 0 Å². The van der Waals surface area contributed by atoms with Crippen molar-refractivity contribution in [3.05, 3.63) is 29.6 Å². The number of amides is 1. The SMILES string of the molecule is Cc1ccc(NC(=O)[C@@H]2O[C@@H]3OC(C)(C)O[C@@H]3[C@@H]3OC(C)(C)O[C@@H]32)cc1F. The van der Waals surface area contributed by atoms with E-state index in [1.54, 1.807) is 46.8 Å². The molecule has 3 aliphatic heterocycles. The number of carbonyl (C=O) groups excluding carboxylic acids is 1. The number of benzene rings is 1. The number of hydrogen-bond donors (Lipinski definition) is 1. The number of fused-ring (bicyclic) bond motifs is 3. The van der Waals surface area contributed by atoms with Crippen LogP contribution in [0.25, 0.3) is 0 Å². The minimum Gasteiger partial charge on any atom is -0.342 e. The Labute approximate surface area is 157 Å². The number of carbonyl (C=O) groups is 1. The van der Waals surface area contributed by atoms with E-state index in [9.17, 15) is 9.18 Å². The van der Waals surface area contributed by atoms with Crippen molar-refractivity contribution in [2.75, 3.05) is 5.32 Å². The van der Waals surface area contributed by atoms with Crippen molar-refractivity contribution < 1.29 is 32.9 Å². The molecule has 27 heavy (non-hydrogen) atoms. The molecule has 3 heterocycles. The Hall–Kier alpha value is -1.58. The lowest BCUT2D eigenvalue weighted by molar-refractivity contribution is -0.229. The molecule has 0 aliphatic carbocycles. The fraction of sp³-hybridized carbons (Fsp3) is 0.632. The first kappa shape index (κ1) is 18.8. The van der Waals surface area contributed by atoms with Crippen LogP contribution in [-0.2, 0) is 28.5 Å². The summed E-state index contributed by atoms with van der Waals surface area (Å²) in [5.74, 6) is -2.60. The average Bonchev–Trinajstić information content (AvgIpc) is 3.04. The van der Waals surface area contributed by atoms with Crippen LogP contribution in [0.3, 0.4) is 0 Å². The molecule has 8 heteroatoms. The van der Waals surface area contributed by atoms with Gasteiger partial charge < -0.3 is 29.0 Å². The van der Waals surface area contributed by atoms with E-state index in [0.29, 0.717) is 11.3 Å². The zero-order valence-electron chi connectivity index (χ0n) is 15.9. The number of nitrogens with one attached hydrogen (secondary N) is 1. The van der Waals surface area contributed by atoms with Gasteiger partial charge in [0.25, 0.3) is 5.91 Å². The third-order valence-corrected chi connectivity index (χ3v) is 4.85. The first-order valence-corrected chi connectivity index (χ1v) is 8.98. The maximum atomic E-state index is 13.8. The van der Waals surface area contributed by atoms with Crippen LogP contribution >= 0.6 is 0 Å². The molecule has 1 N–H and O–H groups in total. The second-order valence-corrected chi connectivity index (χ2v) is 8.04. The normalized spacial score (nSPS) is 36.1. The lowest BCUT2D eigenvalue weighted by Gasteiger charge is -2.36. The summed E-state index contributed by atoms with van der Waals surface area (Å²) in [6, 6.07) is 4.50. The molecule has 3 fully saturated rings. The van der Waals surface area contributed by atoms with E-state index in [1.807, 2.05) is 0 Å². The highest BCUT2D eigenvalue weighted by molar-refractivity contribution is 5.94. The molecule has 4 rings (SSSR count). The number of halogens is 1. The number of anilines is 1. The summed E-state index contributed by atoms with van der Waals surface area (Å²) in [5.41, 5.74) is 0.838. The Morgan fingerprint density at radius 3 is 2.33 bits per heavy atom. The maximum Gasteiger partial charge on any atom is 0.256 e. The first-order valence-electron chi connectivity index (χ1n) is 8.98. The fourth-order valence-corrected chi connectivity index (χ4v) is 3.71. The van der Waals surface area contributed by atoms with Gasteiger partial charge in [0.1, 0.15) is 24.1 Å². The zero-order valence-corrected chi connectivity index (χ0v) is 15.9. The largest absolute Gasteiger partial charge is 0.342 e. The first-order chi connectivity index (χ1) is 12.5. The maximum absolute atomic E-state index is 13.8. The second-order valence-electron chi connectivity index (χ2n) is 8.04. The van der Waals surface area contributed by atoms with Gasteiger partial charge in [-0.3, -0.25) is 4.79 Å². The van der Waals surface area contributed by atoms with Gasteiger partial charge in [-0.2, -0.15) is 0 Å². The molecule has 0 radical (unpaired) electrons. The topological polar surface area (TPSA) is 75.3 Å². The molecule has 5 atom stereocenters. The zero-order chi connectivity index (χ0) is 19.6. The number of rotatable bonds is 2. The molecule has 1 amide bonds. The molecular weight excluding hydrogens is 357 g/mol. The van der Waals surface area contributed by atoms with Crippen molar-refractivity contribution >= 4 is 11.6 Å². The van der Waals surface area contributed by atoms with Gasteiger partial charge in [-0.1, -0.05) is 6.07 Å². The van der Waals surface area contributed by atoms with Gasteiger partial charge in [0, 0.05) is 5.69 Å². The molecule has 3 aliphatic rings. The molecule has 0 unspecified atom stereocenters. The summed E-state index contributed by atoms with van der Waals surface area (Å²) in [6.07, 6.45) is -3.45. The Morgan fingerprint density at radius 2 is 1.63 bits per heavy atom. The van der Waals surface area contributed by atoms with Gasteiger partial charge in [-0.05, 0) is 52.3 Å². The molecular formula is C19H24FNO6. The van der Waals surface area contributed by atoms with Crippen molar-refractivity contribution in [1.29, 1.82) is 0 Å². The highest BCUT2D eigenvalue weighted by atomic mass is 19.1. The monoisotopic (exact) mass is 381 g/mol. The predicted octanol–water partition coefficient (Wildman–Crippen LogP) is 2.47. The van der Waals surface area contributed by atoms with Gasteiger partial charge >= 0.3 is 0 Å². The highest BCUT2D eigenvalue weighted by Gasteiger charge is 2.62. The molecule has 0 saturated carbocycles. The molecule has 1 aromatic carbocycles. The van der Waals surface area contributed by atoms with Crippen LogP contribution in [0.1, 0.15) is 33.3 Å². The van der Waals surface area contributed by atoms with Gasteiger partial charge in [0.2, 0.25) is 0 Å². The quantitative estimate of drug-likeness (QED) is 0.848. The average molecular weight is 381 g/mol. The van der Waals surface area contributed by atoms with Gasteiger partial charge in [-0.25, -0.2) is 4.39 Å². The Bertz CT molecular complexity index is 767. The molecule has 3 saturated heterocycles. The summed E-state index contributed by atoms with van der Waals surface area (Å²) in [6.45, 7) is 8.74. The molecule has 0 spiro atoms. The predicted molar refractivity (Wildman–Crippen MR) is 92.3 cm³/mol. The Kier molecular flexibility index (Phi) is 4.32. The minimum atomic E-state index is -0.986.